The fourth-order valence-electron chi connectivity index (χ4n) is 8.52. The quantitative estimate of drug-likeness (QED) is 0.0261. The highest BCUT2D eigenvalue weighted by Gasteiger charge is 2.37. The Bertz CT molecular complexity index is 2310. The van der Waals surface area contributed by atoms with Crippen LogP contribution >= 0.6 is 0 Å². The van der Waals surface area contributed by atoms with Gasteiger partial charge in [-0.1, -0.05) is 152 Å². The van der Waals surface area contributed by atoms with Gasteiger partial charge in [0.1, 0.15) is 42.7 Å². The molecule has 18 heteroatoms. The molecular weight excluding hydrogens is 1120 g/mol. The lowest BCUT2D eigenvalue weighted by atomic mass is 9.80. The van der Waals surface area contributed by atoms with E-state index in [-0.39, 0.29) is 0 Å². The van der Waals surface area contributed by atoms with Crippen molar-refractivity contribution >= 4 is 0 Å². The zero-order chi connectivity index (χ0) is 60.3. The van der Waals surface area contributed by atoms with E-state index in [2.05, 4.69) is 36.4 Å². The Hall–Kier alpha value is -5.88. The van der Waals surface area contributed by atoms with Crippen molar-refractivity contribution in [1.29, 1.82) is 0 Å². The maximum absolute atomic E-state index is 6.79. The van der Waals surface area contributed by atoms with Crippen LogP contribution in [0.2, 0.25) is 0 Å². The summed E-state index contributed by atoms with van der Waals surface area (Å²) in [4.78, 5) is 0. The molecule has 0 saturated heterocycles. The van der Waals surface area contributed by atoms with Gasteiger partial charge in [-0.25, -0.2) is 0 Å². The van der Waals surface area contributed by atoms with Gasteiger partial charge < -0.3 is 85.3 Å². The topological polar surface area (TPSA) is 166 Å². The molecule has 6 rings (SSSR count). The largest absolute Gasteiger partial charge is 0.491 e. The smallest absolute Gasteiger partial charge is 0.143 e. The molecule has 6 aromatic rings. The minimum Gasteiger partial charge on any atom is -0.491 e. The first-order chi connectivity index (χ1) is 43.3. The van der Waals surface area contributed by atoms with Crippen molar-refractivity contribution in [2.24, 2.45) is 0 Å². The summed E-state index contributed by atoms with van der Waals surface area (Å²) in [5, 5.41) is 0. The third kappa shape index (κ3) is 31.7. The van der Waals surface area contributed by atoms with Crippen LogP contribution < -0.4 is 14.2 Å². The predicted molar refractivity (Wildman–Crippen MR) is 330 cm³/mol. The number of benzene rings is 6. The van der Waals surface area contributed by atoms with Gasteiger partial charge in [0.05, 0.1) is 192 Å². The Balaban J connectivity index is 0.776. The lowest BCUT2D eigenvalue weighted by molar-refractivity contribution is -0.0386. The van der Waals surface area contributed by atoms with E-state index < -0.39 is 5.60 Å². The van der Waals surface area contributed by atoms with Crippen LogP contribution in [-0.4, -0.2) is 198 Å². The molecule has 0 aliphatic heterocycles. The van der Waals surface area contributed by atoms with Gasteiger partial charge in [0, 0.05) is 18.2 Å². The molecule has 0 radical (unpaired) electrons. The standard InChI is InChI=1S/C69H92O18/c1-6-16-61(17-7-1)59-82-46-44-76-34-32-70-26-28-72-36-40-78-48-52-84-66-56-67(85-53-49-79-41-37-73-29-27-71-33-35-77-45-47-83-60-62-18-8-2-9-19-62)58-68(57-66)86-54-50-80-42-38-74-30-31-75-39-43-81-51-55-87-69(63-20-10-3-11-21-63,64-22-12-4-13-23-64)65-24-14-5-15-25-65/h1-25,56-58H,26-55,59-60H2. The number of rotatable bonds is 56. The van der Waals surface area contributed by atoms with E-state index in [1.807, 2.05) is 133 Å². The summed E-state index contributed by atoms with van der Waals surface area (Å²) in [6, 6.07) is 56.5. The Labute approximate surface area is 515 Å². The van der Waals surface area contributed by atoms with Crippen molar-refractivity contribution in [3.63, 3.8) is 0 Å². The van der Waals surface area contributed by atoms with E-state index in [9.17, 15) is 0 Å². The fraction of sp³-hybridized carbons (Fsp3) is 0.478. The van der Waals surface area contributed by atoms with E-state index >= 15 is 0 Å². The highest BCUT2D eigenvalue weighted by molar-refractivity contribution is 5.47. The van der Waals surface area contributed by atoms with Gasteiger partial charge in [-0.2, -0.15) is 0 Å². The molecule has 18 nitrogen and oxygen atoms in total. The predicted octanol–water partition coefficient (Wildman–Crippen LogP) is 9.46. The number of hydrogen-bond acceptors (Lipinski definition) is 18. The summed E-state index contributed by atoms with van der Waals surface area (Å²) in [7, 11) is 0. The van der Waals surface area contributed by atoms with Gasteiger partial charge in [0.25, 0.3) is 0 Å². The van der Waals surface area contributed by atoms with E-state index in [1.54, 1.807) is 0 Å². The monoisotopic (exact) mass is 1210 g/mol. The normalized spacial score (nSPS) is 11.5. The first-order valence-corrected chi connectivity index (χ1v) is 30.3. The maximum Gasteiger partial charge on any atom is 0.143 e. The molecule has 0 bridgehead atoms. The molecule has 476 valence electrons. The molecule has 87 heavy (non-hydrogen) atoms. The van der Waals surface area contributed by atoms with Gasteiger partial charge in [0.2, 0.25) is 0 Å². The molecule has 0 atom stereocenters. The second kappa shape index (κ2) is 48.1. The minimum atomic E-state index is -0.784. The molecule has 0 saturated carbocycles. The zero-order valence-electron chi connectivity index (χ0n) is 50.6. The average Bonchev–Trinajstić information content (AvgIpc) is 2.17. The van der Waals surface area contributed by atoms with Crippen molar-refractivity contribution in [2.45, 2.75) is 18.8 Å². The molecule has 6 aromatic carbocycles. The zero-order valence-corrected chi connectivity index (χ0v) is 50.6. The lowest BCUT2D eigenvalue weighted by Crippen LogP contribution is -2.34. The van der Waals surface area contributed by atoms with Gasteiger partial charge >= 0.3 is 0 Å². The number of ether oxygens (including phenoxy) is 18. The van der Waals surface area contributed by atoms with Crippen molar-refractivity contribution < 1.29 is 85.3 Å². The molecule has 0 aliphatic carbocycles. The average molecular weight is 1210 g/mol. The summed E-state index contributed by atoms with van der Waals surface area (Å²) < 4.78 is 104. The van der Waals surface area contributed by atoms with Crippen LogP contribution in [0.15, 0.2) is 170 Å². The summed E-state index contributed by atoms with van der Waals surface area (Å²) in [6.45, 7) is 14.2. The molecule has 0 amide bonds. The van der Waals surface area contributed by atoms with Crippen LogP contribution in [0, 0.1) is 0 Å². The highest BCUT2D eigenvalue weighted by atomic mass is 16.6. The molecule has 0 N–H and O–H groups in total. The van der Waals surface area contributed by atoms with Crippen LogP contribution in [0.25, 0.3) is 0 Å². The highest BCUT2D eigenvalue weighted by Crippen LogP contribution is 2.40. The van der Waals surface area contributed by atoms with Crippen LogP contribution in [0.4, 0.5) is 0 Å². The molecule has 0 unspecified atom stereocenters. The van der Waals surface area contributed by atoms with Gasteiger partial charge in [-0.15, -0.1) is 0 Å². The van der Waals surface area contributed by atoms with E-state index in [0.29, 0.717) is 229 Å². The first kappa shape index (κ1) is 70.2. The maximum atomic E-state index is 6.79. The summed E-state index contributed by atoms with van der Waals surface area (Å²) in [5.74, 6) is 1.72. The molecule has 0 spiro atoms. The van der Waals surface area contributed by atoms with Crippen molar-refractivity contribution in [3.05, 3.63) is 198 Å². The second-order valence-corrected chi connectivity index (χ2v) is 19.2. The number of hydrogen-bond donors (Lipinski definition) is 0. The minimum absolute atomic E-state index is 0.308. The summed E-state index contributed by atoms with van der Waals surface area (Å²) in [6.07, 6.45) is 0. The van der Waals surface area contributed by atoms with Crippen LogP contribution in [0.3, 0.4) is 0 Å². The Kier molecular flexibility index (Phi) is 38.8. The van der Waals surface area contributed by atoms with Crippen molar-refractivity contribution in [2.75, 3.05) is 198 Å². The van der Waals surface area contributed by atoms with Gasteiger partial charge in [-0.3, -0.25) is 0 Å². The lowest BCUT2D eigenvalue weighted by Gasteiger charge is -2.36. The first-order valence-electron chi connectivity index (χ1n) is 30.3. The van der Waals surface area contributed by atoms with Crippen LogP contribution in [-0.2, 0) is 89.9 Å². The third-order valence-corrected chi connectivity index (χ3v) is 12.7. The Morgan fingerprint density at radius 1 is 0.195 bits per heavy atom. The van der Waals surface area contributed by atoms with Gasteiger partial charge in [0.15, 0.2) is 0 Å². The molecule has 0 heterocycles. The Morgan fingerprint density at radius 3 is 0.632 bits per heavy atom. The molecule has 0 aromatic heterocycles. The van der Waals surface area contributed by atoms with Crippen LogP contribution in [0.1, 0.15) is 27.8 Å². The molecular formula is C69H92O18. The Morgan fingerprint density at radius 2 is 0.391 bits per heavy atom. The molecule has 0 fully saturated rings. The summed E-state index contributed by atoms with van der Waals surface area (Å²) in [5.41, 5.74) is 4.66. The van der Waals surface area contributed by atoms with E-state index in [1.165, 1.54) is 0 Å². The van der Waals surface area contributed by atoms with Crippen molar-refractivity contribution in [1.82, 2.24) is 0 Å². The van der Waals surface area contributed by atoms with Gasteiger partial charge in [-0.05, 0) is 27.8 Å². The van der Waals surface area contributed by atoms with E-state index in [4.69, 9.17) is 85.3 Å². The SMILES string of the molecule is c1ccc(COCCOCCOCCOCCOCCOc2cc(OCCOCCOCCOCCOCCOCc3ccccc3)cc(OCCOCCOCCOCCOCCOC(c3ccccc3)(c3ccccc3)c3ccccc3)c2)cc1. The van der Waals surface area contributed by atoms with Crippen LogP contribution in [0.5, 0.6) is 17.2 Å². The summed E-state index contributed by atoms with van der Waals surface area (Å²) >= 11 is 0. The second-order valence-electron chi connectivity index (χ2n) is 19.2. The van der Waals surface area contributed by atoms with Crippen molar-refractivity contribution in [3.8, 4) is 17.2 Å². The fourth-order valence-corrected chi connectivity index (χ4v) is 8.52. The third-order valence-electron chi connectivity index (χ3n) is 12.7. The molecule has 0 aliphatic rings. The van der Waals surface area contributed by atoms with E-state index in [0.717, 1.165) is 27.8 Å².